The van der Waals surface area contributed by atoms with Gasteiger partial charge < -0.3 is 13.2 Å². The molecule has 6 aromatic carbocycles. The highest BCUT2D eigenvalue weighted by molar-refractivity contribution is 6.41. The standard InChI is InChI=1S/C40H14N6O/c41-15-19-1-5-23-27-13-33-37(35-25-7-3-21(17-43)11-31(25)45(39(27)35)29(23)9-19)38-34(47-33)14-28-24-6-2-20(16-42)10-30(24)46-32-12-22(18-44)4-8-26(32)36(38)40(28)46/h1-14H. The molecule has 0 aliphatic heterocycles. The molecule has 0 saturated carbocycles. The highest BCUT2D eigenvalue weighted by atomic mass is 16.3. The van der Waals surface area contributed by atoms with Crippen LogP contribution < -0.4 is 0 Å². The van der Waals surface area contributed by atoms with E-state index in [1.807, 2.05) is 72.8 Å². The van der Waals surface area contributed by atoms with Crippen LogP contribution in [-0.2, 0) is 0 Å². The minimum Gasteiger partial charge on any atom is -0.456 e. The molecule has 0 N–H and O–H groups in total. The monoisotopic (exact) mass is 594 g/mol. The Balaban J connectivity index is 1.47. The molecule has 0 bridgehead atoms. The third kappa shape index (κ3) is 2.63. The van der Waals surface area contributed by atoms with Crippen molar-refractivity contribution in [3.05, 3.63) is 107 Å². The lowest BCUT2D eigenvalue weighted by Gasteiger charge is -2.01. The van der Waals surface area contributed by atoms with Gasteiger partial charge in [0.25, 0.3) is 0 Å². The Morgan fingerprint density at radius 1 is 0.383 bits per heavy atom. The van der Waals surface area contributed by atoms with Crippen molar-refractivity contribution >= 4 is 98.1 Å². The number of hydrogen-bond acceptors (Lipinski definition) is 5. The Morgan fingerprint density at radius 2 is 0.723 bits per heavy atom. The first-order valence-electron chi connectivity index (χ1n) is 15.0. The fraction of sp³-hybridized carbons (Fsp3) is 0. The van der Waals surface area contributed by atoms with E-state index in [1.165, 1.54) is 0 Å². The van der Waals surface area contributed by atoms with Gasteiger partial charge in [-0.05, 0) is 60.7 Å². The van der Waals surface area contributed by atoms with Crippen molar-refractivity contribution in [2.45, 2.75) is 0 Å². The van der Waals surface area contributed by atoms with Gasteiger partial charge >= 0.3 is 0 Å². The van der Waals surface area contributed by atoms with E-state index in [4.69, 9.17) is 4.42 Å². The molecular weight excluding hydrogens is 580 g/mol. The zero-order valence-electron chi connectivity index (χ0n) is 24.2. The number of rotatable bonds is 0. The van der Waals surface area contributed by atoms with Crippen LogP contribution in [0.3, 0.4) is 0 Å². The highest BCUT2D eigenvalue weighted by Crippen LogP contribution is 2.51. The van der Waals surface area contributed by atoms with E-state index in [1.54, 1.807) is 0 Å². The average molecular weight is 595 g/mol. The Bertz CT molecular complexity index is 3220. The second-order valence-electron chi connectivity index (χ2n) is 12.2. The fourth-order valence-corrected chi connectivity index (χ4v) is 8.24. The lowest BCUT2D eigenvalue weighted by molar-refractivity contribution is 0.670. The third-order valence-corrected chi connectivity index (χ3v) is 10.0. The molecular formula is C40H14N6O. The largest absolute Gasteiger partial charge is 0.456 e. The van der Waals surface area contributed by atoms with Crippen molar-refractivity contribution in [1.82, 2.24) is 8.80 Å². The Hall–Kier alpha value is -7.32. The molecule has 7 heteroatoms. The summed E-state index contributed by atoms with van der Waals surface area (Å²) >= 11 is 0. The summed E-state index contributed by atoms with van der Waals surface area (Å²) in [5.41, 5.74) is 9.36. The van der Waals surface area contributed by atoms with Gasteiger partial charge in [0.05, 0.1) is 79.6 Å². The number of nitriles is 4. The fourth-order valence-electron chi connectivity index (χ4n) is 8.24. The van der Waals surface area contributed by atoms with Crippen LogP contribution in [0.15, 0.2) is 89.3 Å². The SMILES string of the molecule is N#Cc1ccc2c3cc4oc5cc6c7ccc(C#N)cc7n7c8cc(C#N)ccc8c(c5c4c4c5ccc(C#N)cc5n(c2c1)c34)c67. The van der Waals surface area contributed by atoms with Gasteiger partial charge in [0.1, 0.15) is 11.2 Å². The topological polar surface area (TPSA) is 117 Å². The summed E-state index contributed by atoms with van der Waals surface area (Å²) in [5.74, 6) is 0. The van der Waals surface area contributed by atoms with Crippen molar-refractivity contribution in [3.63, 3.8) is 0 Å². The van der Waals surface area contributed by atoms with E-state index < -0.39 is 0 Å². The van der Waals surface area contributed by atoms with Crippen LogP contribution in [-0.4, -0.2) is 8.80 Å². The maximum atomic E-state index is 9.85. The molecule has 0 unspecified atom stereocenters. The van der Waals surface area contributed by atoms with Crippen molar-refractivity contribution in [2.24, 2.45) is 0 Å². The average Bonchev–Trinajstić information content (AvgIpc) is 3.89. The molecule has 210 valence electrons. The summed E-state index contributed by atoms with van der Waals surface area (Å²) in [4.78, 5) is 0. The summed E-state index contributed by atoms with van der Waals surface area (Å²) in [7, 11) is 0. The van der Waals surface area contributed by atoms with Crippen LogP contribution in [0.5, 0.6) is 0 Å². The summed E-state index contributed by atoms with van der Waals surface area (Å²) in [6.07, 6.45) is 0. The van der Waals surface area contributed by atoms with Crippen LogP contribution in [0.25, 0.3) is 98.1 Å². The van der Waals surface area contributed by atoms with Crippen LogP contribution in [0.2, 0.25) is 0 Å². The van der Waals surface area contributed by atoms with Crippen LogP contribution in [0.4, 0.5) is 0 Å². The Kier molecular flexibility index (Phi) is 4.01. The first kappa shape index (κ1) is 24.1. The summed E-state index contributed by atoms with van der Waals surface area (Å²) in [6.45, 7) is 0. The van der Waals surface area contributed by atoms with Crippen LogP contribution >= 0.6 is 0 Å². The number of hydrogen-bond donors (Lipinski definition) is 0. The molecule has 0 aliphatic rings. The lowest BCUT2D eigenvalue weighted by atomic mass is 9.97. The molecule has 0 radical (unpaired) electrons. The first-order chi connectivity index (χ1) is 23.1. The van der Waals surface area contributed by atoms with E-state index in [0.717, 1.165) is 98.1 Å². The van der Waals surface area contributed by atoms with Gasteiger partial charge in [0.2, 0.25) is 0 Å². The molecule has 0 atom stereocenters. The Morgan fingerprint density at radius 3 is 1.09 bits per heavy atom. The van der Waals surface area contributed by atoms with E-state index in [-0.39, 0.29) is 0 Å². The highest BCUT2D eigenvalue weighted by Gasteiger charge is 2.28. The summed E-state index contributed by atoms with van der Waals surface area (Å²) in [6, 6.07) is 36.4. The minimum absolute atomic E-state index is 0.556. The van der Waals surface area contributed by atoms with Gasteiger partial charge in [-0.25, -0.2) is 0 Å². The van der Waals surface area contributed by atoms with E-state index in [9.17, 15) is 21.0 Å². The van der Waals surface area contributed by atoms with Gasteiger partial charge in [-0.1, -0.05) is 24.3 Å². The molecule has 7 nitrogen and oxygen atoms in total. The zero-order valence-corrected chi connectivity index (χ0v) is 24.2. The maximum Gasteiger partial charge on any atom is 0.136 e. The van der Waals surface area contributed by atoms with Crippen LogP contribution in [0.1, 0.15) is 22.3 Å². The first-order valence-corrected chi connectivity index (χ1v) is 15.0. The number of nitrogens with zero attached hydrogens (tertiary/aromatic N) is 6. The number of fused-ring (bicyclic) bond motifs is 17. The molecule has 11 aromatic rings. The molecule has 0 fully saturated rings. The van der Waals surface area contributed by atoms with E-state index in [0.29, 0.717) is 22.3 Å². The normalized spacial score (nSPS) is 12.2. The smallest absolute Gasteiger partial charge is 0.136 e. The summed E-state index contributed by atoms with van der Waals surface area (Å²) < 4.78 is 11.2. The molecule has 5 aromatic heterocycles. The van der Waals surface area contributed by atoms with E-state index >= 15 is 0 Å². The molecule has 0 spiro atoms. The van der Waals surface area contributed by atoms with Gasteiger partial charge in [0.15, 0.2) is 0 Å². The lowest BCUT2D eigenvalue weighted by Crippen LogP contribution is -1.83. The second-order valence-corrected chi connectivity index (χ2v) is 12.2. The van der Waals surface area contributed by atoms with Gasteiger partial charge in [-0.2, -0.15) is 21.0 Å². The third-order valence-electron chi connectivity index (χ3n) is 10.0. The van der Waals surface area contributed by atoms with Crippen LogP contribution in [0, 0.1) is 45.3 Å². The number of benzene rings is 6. The zero-order chi connectivity index (χ0) is 31.3. The molecule has 0 saturated heterocycles. The molecule has 0 amide bonds. The quantitative estimate of drug-likeness (QED) is 0.173. The molecule has 11 rings (SSSR count). The Labute approximate surface area is 263 Å². The number of furan rings is 1. The molecule has 47 heavy (non-hydrogen) atoms. The van der Waals surface area contributed by atoms with Crippen molar-refractivity contribution in [1.29, 1.82) is 21.0 Å². The predicted molar refractivity (Wildman–Crippen MR) is 182 cm³/mol. The van der Waals surface area contributed by atoms with Crippen molar-refractivity contribution in [3.8, 4) is 24.3 Å². The van der Waals surface area contributed by atoms with Gasteiger partial charge in [0, 0.05) is 53.9 Å². The second kappa shape index (κ2) is 7.84. The predicted octanol–water partition coefficient (Wildman–Crippen LogP) is 9.37. The molecule has 0 aliphatic carbocycles. The van der Waals surface area contributed by atoms with Crippen molar-refractivity contribution in [2.75, 3.05) is 0 Å². The maximum absolute atomic E-state index is 9.85. The van der Waals surface area contributed by atoms with Crippen molar-refractivity contribution < 1.29 is 4.42 Å². The summed E-state index contributed by atoms with van der Waals surface area (Å²) in [5, 5.41) is 49.2. The number of aromatic nitrogens is 2. The van der Waals surface area contributed by atoms with E-state index in [2.05, 4.69) is 45.2 Å². The minimum atomic E-state index is 0.556. The van der Waals surface area contributed by atoms with Gasteiger partial charge in [-0.3, -0.25) is 0 Å². The van der Waals surface area contributed by atoms with Gasteiger partial charge in [-0.15, -0.1) is 0 Å². The molecule has 5 heterocycles.